The SMILES string of the molecule is COc1ccc(CN(c2ccncn2)S(=O)(=O)c2ccc(O[C@H]3CC[C@H](c4cccc(C(F)(F)F)c4)C[C@@H]3N(C)C3CCC3)nc2C)c(OC)c1. The summed E-state index contributed by atoms with van der Waals surface area (Å²) in [5.41, 5.74) is 0.876. The van der Waals surface area contributed by atoms with Gasteiger partial charge in [-0.05, 0) is 81.8 Å². The fraction of sp³-hybridized carbons (Fsp3) is 0.432. The first kappa shape index (κ1) is 36.4. The number of benzene rings is 2. The zero-order valence-corrected chi connectivity index (χ0v) is 29.8. The van der Waals surface area contributed by atoms with Gasteiger partial charge in [-0.2, -0.15) is 13.2 Å². The fourth-order valence-corrected chi connectivity index (χ4v) is 8.58. The van der Waals surface area contributed by atoms with Crippen LogP contribution >= 0.6 is 0 Å². The second kappa shape index (κ2) is 15.0. The largest absolute Gasteiger partial charge is 0.497 e. The maximum absolute atomic E-state index is 14.3. The highest BCUT2D eigenvalue weighted by Crippen LogP contribution is 2.41. The van der Waals surface area contributed by atoms with Crippen LogP contribution in [0, 0.1) is 6.92 Å². The van der Waals surface area contributed by atoms with Crippen LogP contribution in [0.4, 0.5) is 19.0 Å². The van der Waals surface area contributed by atoms with Crippen LogP contribution in [0.25, 0.3) is 0 Å². The minimum atomic E-state index is -4.41. The lowest BCUT2D eigenvalue weighted by atomic mass is 9.77. The lowest BCUT2D eigenvalue weighted by Crippen LogP contribution is -2.53. The Labute approximate surface area is 296 Å². The van der Waals surface area contributed by atoms with Crippen molar-refractivity contribution in [1.29, 1.82) is 0 Å². The molecule has 0 saturated heterocycles. The molecule has 3 atom stereocenters. The van der Waals surface area contributed by atoms with Crippen molar-refractivity contribution in [3.8, 4) is 17.4 Å². The number of halogens is 3. The summed E-state index contributed by atoms with van der Waals surface area (Å²) in [6, 6.07) is 15.7. The average Bonchev–Trinajstić information content (AvgIpc) is 3.10. The van der Waals surface area contributed by atoms with E-state index in [1.54, 1.807) is 37.3 Å². The van der Waals surface area contributed by atoms with Gasteiger partial charge in [0.1, 0.15) is 34.6 Å². The quantitative estimate of drug-likeness (QED) is 0.150. The predicted molar refractivity (Wildman–Crippen MR) is 186 cm³/mol. The molecular formula is C37H42F3N5O5S. The number of ether oxygens (including phenoxy) is 3. The van der Waals surface area contributed by atoms with E-state index in [-0.39, 0.29) is 46.9 Å². The molecule has 2 heterocycles. The number of rotatable bonds is 12. The van der Waals surface area contributed by atoms with E-state index in [0.29, 0.717) is 47.9 Å². The number of methoxy groups -OCH3 is 2. The molecule has 272 valence electrons. The maximum atomic E-state index is 14.3. The Balaban J connectivity index is 1.26. The Morgan fingerprint density at radius 2 is 1.76 bits per heavy atom. The molecule has 2 aromatic heterocycles. The van der Waals surface area contributed by atoms with Gasteiger partial charge in [0.05, 0.1) is 32.0 Å². The van der Waals surface area contributed by atoms with Gasteiger partial charge in [-0.1, -0.05) is 24.6 Å². The molecule has 2 fully saturated rings. The second-order valence-electron chi connectivity index (χ2n) is 13.1. The van der Waals surface area contributed by atoms with E-state index in [1.807, 2.05) is 0 Å². The summed E-state index contributed by atoms with van der Waals surface area (Å²) in [6.07, 6.45) is 3.20. The molecule has 0 unspecified atom stereocenters. The van der Waals surface area contributed by atoms with Crippen molar-refractivity contribution in [3.05, 3.63) is 95.6 Å². The number of hydrogen-bond acceptors (Lipinski definition) is 9. The number of likely N-dealkylation sites (N-methyl/N-ethyl adjacent to an activating group) is 1. The van der Waals surface area contributed by atoms with Gasteiger partial charge in [0.15, 0.2) is 0 Å². The van der Waals surface area contributed by atoms with Crippen molar-refractivity contribution in [2.75, 3.05) is 25.6 Å². The van der Waals surface area contributed by atoms with E-state index >= 15 is 0 Å². The van der Waals surface area contributed by atoms with Crippen LogP contribution in [-0.4, -0.2) is 67.7 Å². The van der Waals surface area contributed by atoms with Crippen molar-refractivity contribution in [1.82, 2.24) is 19.9 Å². The summed E-state index contributed by atoms with van der Waals surface area (Å²) in [6.45, 7) is 1.53. The van der Waals surface area contributed by atoms with Crippen LogP contribution in [0.5, 0.6) is 17.4 Å². The molecule has 2 aliphatic rings. The minimum absolute atomic E-state index is 0.0164. The molecule has 0 bridgehead atoms. The first-order chi connectivity index (χ1) is 24.4. The Bertz CT molecular complexity index is 1930. The van der Waals surface area contributed by atoms with Crippen LogP contribution < -0.4 is 18.5 Å². The number of anilines is 1. The predicted octanol–water partition coefficient (Wildman–Crippen LogP) is 7.18. The van der Waals surface area contributed by atoms with Crippen LogP contribution in [-0.2, 0) is 22.7 Å². The topological polar surface area (TPSA) is 107 Å². The number of aryl methyl sites for hydroxylation is 1. The minimum Gasteiger partial charge on any atom is -0.497 e. The number of hydrogen-bond donors (Lipinski definition) is 0. The van der Waals surface area contributed by atoms with Crippen molar-refractivity contribution >= 4 is 15.8 Å². The lowest BCUT2D eigenvalue weighted by Gasteiger charge is -2.46. The van der Waals surface area contributed by atoms with Crippen LogP contribution in [0.3, 0.4) is 0 Å². The van der Waals surface area contributed by atoms with Gasteiger partial charge in [0.25, 0.3) is 10.0 Å². The van der Waals surface area contributed by atoms with Gasteiger partial charge in [0, 0.05) is 42.0 Å². The van der Waals surface area contributed by atoms with Crippen LogP contribution in [0.1, 0.15) is 66.8 Å². The van der Waals surface area contributed by atoms with E-state index in [1.165, 1.54) is 55.3 Å². The molecule has 0 N–H and O–H groups in total. The fourth-order valence-electron chi connectivity index (χ4n) is 7.02. The number of alkyl halides is 3. The molecule has 0 radical (unpaired) electrons. The maximum Gasteiger partial charge on any atom is 0.416 e. The smallest absolute Gasteiger partial charge is 0.416 e. The van der Waals surface area contributed by atoms with Gasteiger partial charge in [-0.3, -0.25) is 4.90 Å². The van der Waals surface area contributed by atoms with Gasteiger partial charge in [0.2, 0.25) is 5.88 Å². The summed E-state index contributed by atoms with van der Waals surface area (Å²) in [5, 5.41) is 0. The molecule has 4 aromatic rings. The Morgan fingerprint density at radius 1 is 0.961 bits per heavy atom. The highest BCUT2D eigenvalue weighted by Gasteiger charge is 2.40. The van der Waals surface area contributed by atoms with Crippen molar-refractivity contribution in [2.24, 2.45) is 0 Å². The van der Waals surface area contributed by atoms with Crippen LogP contribution in [0.15, 0.2) is 78.1 Å². The average molecular weight is 726 g/mol. The number of sulfonamides is 1. The van der Waals surface area contributed by atoms with E-state index in [4.69, 9.17) is 14.2 Å². The Hall–Kier alpha value is -4.43. The Kier molecular flexibility index (Phi) is 10.7. The molecular weight excluding hydrogens is 683 g/mol. The van der Waals surface area contributed by atoms with Gasteiger partial charge >= 0.3 is 6.18 Å². The standard InChI is InChI=1S/C37H42F3N5O5S/c1-24-34(51(46,47)45(35-17-18-41-23-42-35)22-27-11-13-30(48-3)21-33(27)49-4)15-16-36(43-24)50-32-14-12-26(20-31(32)44(2)29-9-6-10-29)25-7-5-8-28(19-25)37(38,39)40/h5,7-8,11,13,15-19,21,23,26,29,31-32H,6,9-10,12,14,20,22H2,1-4H3/t26-,31-,32-/m0/s1. The van der Waals surface area contributed by atoms with Crippen molar-refractivity contribution in [3.63, 3.8) is 0 Å². The molecule has 2 aromatic carbocycles. The van der Waals surface area contributed by atoms with Crippen LogP contribution in [0.2, 0.25) is 0 Å². The molecule has 10 nitrogen and oxygen atoms in total. The first-order valence-corrected chi connectivity index (χ1v) is 18.4. The third kappa shape index (κ3) is 7.91. The summed E-state index contributed by atoms with van der Waals surface area (Å²) in [7, 11) is 0.892. The normalized spacial score (nSPS) is 19.7. The summed E-state index contributed by atoms with van der Waals surface area (Å²) < 4.78 is 87.8. The molecule has 0 amide bonds. The van der Waals surface area contributed by atoms with Gasteiger partial charge in [-0.15, -0.1) is 0 Å². The van der Waals surface area contributed by atoms with E-state index in [2.05, 4.69) is 26.9 Å². The van der Waals surface area contributed by atoms with Gasteiger partial charge < -0.3 is 14.2 Å². The Morgan fingerprint density at radius 3 is 2.41 bits per heavy atom. The summed E-state index contributed by atoms with van der Waals surface area (Å²) >= 11 is 0. The third-order valence-corrected chi connectivity index (χ3v) is 12.0. The molecule has 2 saturated carbocycles. The number of pyridine rings is 1. The molecule has 0 aliphatic heterocycles. The molecule has 2 aliphatic carbocycles. The molecule has 6 rings (SSSR count). The lowest BCUT2D eigenvalue weighted by molar-refractivity contribution is -0.137. The van der Waals surface area contributed by atoms with E-state index in [9.17, 15) is 21.6 Å². The molecule has 51 heavy (non-hydrogen) atoms. The van der Waals surface area contributed by atoms with Crippen molar-refractivity contribution < 1.29 is 35.8 Å². The first-order valence-electron chi connectivity index (χ1n) is 16.9. The summed E-state index contributed by atoms with van der Waals surface area (Å²) in [5.74, 6) is 1.41. The highest BCUT2D eigenvalue weighted by atomic mass is 32.2. The molecule has 14 heteroatoms. The second-order valence-corrected chi connectivity index (χ2v) is 14.9. The third-order valence-electron chi connectivity index (χ3n) is 10.1. The van der Waals surface area contributed by atoms with Gasteiger partial charge in [-0.25, -0.2) is 27.7 Å². The zero-order chi connectivity index (χ0) is 36.3. The number of nitrogens with zero attached hydrogens (tertiary/aromatic N) is 5. The molecule has 0 spiro atoms. The van der Waals surface area contributed by atoms with Crippen molar-refractivity contribution in [2.45, 2.75) is 87.2 Å². The summed E-state index contributed by atoms with van der Waals surface area (Å²) in [4.78, 5) is 15.1. The monoisotopic (exact) mass is 725 g/mol. The van der Waals surface area contributed by atoms with E-state index < -0.39 is 21.8 Å². The highest BCUT2D eigenvalue weighted by molar-refractivity contribution is 7.92. The zero-order valence-electron chi connectivity index (χ0n) is 29.0. The van der Waals surface area contributed by atoms with E-state index in [0.717, 1.165) is 25.3 Å². The number of aromatic nitrogens is 3.